The molecule has 0 aliphatic carbocycles. The maximum absolute atomic E-state index is 5.86. The van der Waals surface area contributed by atoms with Gasteiger partial charge in [-0.3, -0.25) is 0 Å². The molecule has 0 unspecified atom stereocenters. The van der Waals surface area contributed by atoms with Crippen molar-refractivity contribution in [1.82, 2.24) is 9.97 Å². The van der Waals surface area contributed by atoms with Crippen molar-refractivity contribution >= 4 is 45.1 Å². The van der Waals surface area contributed by atoms with Crippen molar-refractivity contribution in [3.63, 3.8) is 0 Å². The minimum absolute atomic E-state index is 0.791. The van der Waals surface area contributed by atoms with Gasteiger partial charge in [-0.15, -0.1) is 22.7 Å². The van der Waals surface area contributed by atoms with E-state index in [2.05, 4.69) is 38.2 Å². The Morgan fingerprint density at radius 3 is 2.39 bits per heavy atom. The Bertz CT molecular complexity index is 1200. The van der Waals surface area contributed by atoms with Crippen LogP contribution in [0.2, 0.25) is 0 Å². The molecule has 0 spiro atoms. The number of nitrogens with one attached hydrogen (secondary N) is 1. The van der Waals surface area contributed by atoms with Gasteiger partial charge in [0.1, 0.15) is 23.6 Å². The highest BCUT2D eigenvalue weighted by Gasteiger charge is 2.14. The van der Waals surface area contributed by atoms with Crippen LogP contribution in [0, 0.1) is 0 Å². The van der Waals surface area contributed by atoms with E-state index >= 15 is 0 Å². The van der Waals surface area contributed by atoms with E-state index in [-0.39, 0.29) is 0 Å². The molecule has 1 N–H and O–H groups in total. The molecule has 0 amide bonds. The zero-order valence-corrected chi connectivity index (χ0v) is 16.3. The Labute approximate surface area is 170 Å². The van der Waals surface area contributed by atoms with Crippen LogP contribution in [0.1, 0.15) is 0 Å². The van der Waals surface area contributed by atoms with Crippen LogP contribution in [-0.2, 0) is 0 Å². The fourth-order valence-electron chi connectivity index (χ4n) is 2.94. The number of anilines is 2. The van der Waals surface area contributed by atoms with Crippen molar-refractivity contribution in [2.45, 2.75) is 0 Å². The van der Waals surface area contributed by atoms with Gasteiger partial charge in [0, 0.05) is 15.9 Å². The first-order chi connectivity index (χ1) is 13.9. The summed E-state index contributed by atoms with van der Waals surface area (Å²) < 4.78 is 5.86. The van der Waals surface area contributed by atoms with E-state index < -0.39 is 0 Å². The fourth-order valence-corrected chi connectivity index (χ4v) is 4.81. The maximum atomic E-state index is 5.86. The average Bonchev–Trinajstić information content (AvgIpc) is 3.40. The quantitative estimate of drug-likeness (QED) is 0.346. The number of fused-ring (bicyclic) bond motifs is 1. The summed E-state index contributed by atoms with van der Waals surface area (Å²) in [7, 11) is 0. The zero-order valence-electron chi connectivity index (χ0n) is 14.7. The van der Waals surface area contributed by atoms with Gasteiger partial charge in [-0.2, -0.15) is 0 Å². The van der Waals surface area contributed by atoms with Crippen LogP contribution in [0.3, 0.4) is 0 Å². The third-order valence-corrected chi connectivity index (χ3v) is 6.25. The first-order valence-corrected chi connectivity index (χ1v) is 10.5. The molecule has 3 aromatic heterocycles. The molecule has 2 aromatic carbocycles. The number of hydrogen-bond acceptors (Lipinski definition) is 6. The van der Waals surface area contributed by atoms with Crippen LogP contribution in [-0.4, -0.2) is 9.97 Å². The summed E-state index contributed by atoms with van der Waals surface area (Å²) in [5.74, 6) is 2.42. The SMILES string of the molecule is c1ccc(Oc2ccc(Nc3ncnc4csc(-c5cccs5)c34)cc2)cc1. The van der Waals surface area contributed by atoms with Crippen molar-refractivity contribution in [2.24, 2.45) is 0 Å². The van der Waals surface area contributed by atoms with E-state index in [9.17, 15) is 0 Å². The summed E-state index contributed by atoms with van der Waals surface area (Å²) in [5, 5.41) is 8.65. The molecule has 136 valence electrons. The normalized spacial score (nSPS) is 10.9. The molecule has 3 heterocycles. The van der Waals surface area contributed by atoms with Crippen molar-refractivity contribution < 1.29 is 4.74 Å². The maximum Gasteiger partial charge on any atom is 0.143 e. The molecule has 0 bridgehead atoms. The predicted octanol–water partition coefficient (Wildman–Crippen LogP) is 6.96. The number of nitrogens with zero attached hydrogens (tertiary/aromatic N) is 2. The average molecular weight is 402 g/mol. The van der Waals surface area contributed by atoms with Crippen molar-refractivity contribution in [3.8, 4) is 21.3 Å². The Morgan fingerprint density at radius 1 is 0.786 bits per heavy atom. The van der Waals surface area contributed by atoms with Gasteiger partial charge in [-0.25, -0.2) is 9.97 Å². The lowest BCUT2D eigenvalue weighted by atomic mass is 10.2. The van der Waals surface area contributed by atoms with E-state index in [1.165, 1.54) is 9.75 Å². The zero-order chi connectivity index (χ0) is 18.8. The summed E-state index contributed by atoms with van der Waals surface area (Å²) in [6, 6.07) is 21.8. The molecule has 0 radical (unpaired) electrons. The summed E-state index contributed by atoms with van der Waals surface area (Å²) in [4.78, 5) is 11.3. The van der Waals surface area contributed by atoms with Gasteiger partial charge in [0.05, 0.1) is 15.8 Å². The third kappa shape index (κ3) is 3.35. The lowest BCUT2D eigenvalue weighted by molar-refractivity contribution is 0.483. The molecule has 0 saturated heterocycles. The van der Waals surface area contributed by atoms with Gasteiger partial charge in [-0.05, 0) is 47.8 Å². The van der Waals surface area contributed by atoms with Gasteiger partial charge in [-0.1, -0.05) is 24.3 Å². The first kappa shape index (κ1) is 16.9. The topological polar surface area (TPSA) is 47.0 Å². The number of aromatic nitrogens is 2. The van der Waals surface area contributed by atoms with Crippen molar-refractivity contribution in [1.29, 1.82) is 0 Å². The molecule has 6 heteroatoms. The summed E-state index contributed by atoms with van der Waals surface area (Å²) in [5.41, 5.74) is 1.90. The number of thiophene rings is 2. The monoisotopic (exact) mass is 401 g/mol. The van der Waals surface area contributed by atoms with Crippen LogP contribution < -0.4 is 10.1 Å². The molecule has 4 nitrogen and oxygen atoms in total. The number of hydrogen-bond donors (Lipinski definition) is 1. The lowest BCUT2D eigenvalue weighted by Gasteiger charge is -2.09. The van der Waals surface area contributed by atoms with E-state index in [1.54, 1.807) is 29.0 Å². The molecule has 5 aromatic rings. The second-order valence-corrected chi connectivity index (χ2v) is 7.92. The lowest BCUT2D eigenvalue weighted by Crippen LogP contribution is -1.95. The summed E-state index contributed by atoms with van der Waals surface area (Å²) in [6.07, 6.45) is 1.60. The van der Waals surface area contributed by atoms with E-state index in [0.29, 0.717) is 0 Å². The fraction of sp³-hybridized carbons (Fsp3) is 0. The van der Waals surface area contributed by atoms with E-state index in [0.717, 1.165) is 33.9 Å². The van der Waals surface area contributed by atoms with Crippen LogP contribution in [0.5, 0.6) is 11.5 Å². The van der Waals surface area contributed by atoms with Crippen molar-refractivity contribution in [3.05, 3.63) is 83.8 Å². The molecular formula is C22H15N3OS2. The minimum Gasteiger partial charge on any atom is -0.457 e. The van der Waals surface area contributed by atoms with Gasteiger partial charge >= 0.3 is 0 Å². The van der Waals surface area contributed by atoms with Crippen LogP contribution in [0.25, 0.3) is 20.7 Å². The van der Waals surface area contributed by atoms with Crippen LogP contribution in [0.15, 0.2) is 83.8 Å². The third-order valence-electron chi connectivity index (χ3n) is 4.23. The number of benzene rings is 2. The second-order valence-electron chi connectivity index (χ2n) is 6.09. The molecule has 0 aliphatic heterocycles. The number of para-hydroxylation sites is 1. The number of ether oxygens (including phenoxy) is 1. The largest absolute Gasteiger partial charge is 0.457 e. The Balaban J connectivity index is 1.43. The Kier molecular flexibility index (Phi) is 4.48. The molecule has 28 heavy (non-hydrogen) atoms. The standard InChI is InChI=1S/C22H15N3OS2/c1-2-5-16(6-3-1)26-17-10-8-15(9-11-17)25-22-20-18(23-14-24-22)13-28-21(20)19-7-4-12-27-19/h1-14H,(H,23,24,25). The number of rotatable bonds is 5. The molecule has 0 fully saturated rings. The van der Waals surface area contributed by atoms with Gasteiger partial charge < -0.3 is 10.1 Å². The summed E-state index contributed by atoms with van der Waals surface area (Å²) >= 11 is 3.42. The first-order valence-electron chi connectivity index (χ1n) is 8.73. The summed E-state index contributed by atoms with van der Waals surface area (Å²) in [6.45, 7) is 0. The van der Waals surface area contributed by atoms with E-state index in [1.807, 2.05) is 54.6 Å². The van der Waals surface area contributed by atoms with Gasteiger partial charge in [0.15, 0.2) is 0 Å². The smallest absolute Gasteiger partial charge is 0.143 e. The van der Waals surface area contributed by atoms with Crippen LogP contribution in [0.4, 0.5) is 11.5 Å². The molecule has 0 atom stereocenters. The van der Waals surface area contributed by atoms with Gasteiger partial charge in [0.25, 0.3) is 0 Å². The Hall–Kier alpha value is -3.22. The predicted molar refractivity (Wildman–Crippen MR) is 117 cm³/mol. The van der Waals surface area contributed by atoms with Crippen molar-refractivity contribution in [2.75, 3.05) is 5.32 Å². The van der Waals surface area contributed by atoms with Crippen LogP contribution >= 0.6 is 22.7 Å². The second kappa shape index (κ2) is 7.42. The molecule has 0 aliphatic rings. The highest BCUT2D eigenvalue weighted by molar-refractivity contribution is 7.21. The molecular weight excluding hydrogens is 386 g/mol. The van der Waals surface area contributed by atoms with Gasteiger partial charge in [0.2, 0.25) is 0 Å². The Morgan fingerprint density at radius 2 is 1.61 bits per heavy atom. The highest BCUT2D eigenvalue weighted by atomic mass is 32.1. The molecule has 5 rings (SSSR count). The molecule has 0 saturated carbocycles. The minimum atomic E-state index is 0.791. The highest BCUT2D eigenvalue weighted by Crippen LogP contribution is 2.40. The van der Waals surface area contributed by atoms with E-state index in [4.69, 9.17) is 4.74 Å².